The van der Waals surface area contributed by atoms with E-state index in [-0.39, 0.29) is 11.8 Å². The summed E-state index contributed by atoms with van der Waals surface area (Å²) in [6, 6.07) is 0. The van der Waals surface area contributed by atoms with Crippen molar-refractivity contribution in [2.24, 2.45) is 5.41 Å². The van der Waals surface area contributed by atoms with Crippen LogP contribution < -0.4 is 0 Å². The summed E-state index contributed by atoms with van der Waals surface area (Å²) >= 11 is 4.08. The van der Waals surface area contributed by atoms with Crippen molar-refractivity contribution < 1.29 is 9.90 Å². The predicted octanol–water partition coefficient (Wildman–Crippen LogP) is 2.20. The molecule has 0 spiro atoms. The van der Waals surface area contributed by atoms with Crippen LogP contribution in [0.2, 0.25) is 0 Å². The van der Waals surface area contributed by atoms with E-state index in [0.717, 1.165) is 18.6 Å². The first-order valence-electron chi connectivity index (χ1n) is 3.80. The number of thiol groups is 1. The lowest BCUT2D eigenvalue weighted by Gasteiger charge is -2.21. The number of carbonyl (C=O) groups is 1. The fraction of sp³-hybridized carbons (Fsp3) is 0.875. The summed E-state index contributed by atoms with van der Waals surface area (Å²) in [6.07, 6.45) is 2.17. The third-order valence-electron chi connectivity index (χ3n) is 1.64. The molecule has 0 aliphatic heterocycles. The van der Waals surface area contributed by atoms with E-state index in [0.29, 0.717) is 0 Å². The van der Waals surface area contributed by atoms with Crippen LogP contribution in [0.1, 0.15) is 33.1 Å². The van der Waals surface area contributed by atoms with Crippen LogP contribution in [0, 0.1) is 5.41 Å². The van der Waals surface area contributed by atoms with Gasteiger partial charge in [0.25, 0.3) is 0 Å². The van der Waals surface area contributed by atoms with Gasteiger partial charge in [0.2, 0.25) is 0 Å². The van der Waals surface area contributed by atoms with Crippen molar-refractivity contribution in [3.63, 3.8) is 0 Å². The first-order valence-corrected chi connectivity index (χ1v) is 4.44. The second kappa shape index (κ2) is 4.65. The zero-order chi connectivity index (χ0) is 8.91. The highest BCUT2D eigenvalue weighted by Gasteiger charge is 2.20. The van der Waals surface area contributed by atoms with Gasteiger partial charge in [-0.1, -0.05) is 13.8 Å². The molecule has 0 aromatic heterocycles. The molecule has 11 heavy (non-hydrogen) atoms. The molecule has 1 N–H and O–H groups in total. The lowest BCUT2D eigenvalue weighted by atomic mass is 9.85. The van der Waals surface area contributed by atoms with Gasteiger partial charge in [-0.3, -0.25) is 4.79 Å². The highest BCUT2D eigenvalue weighted by Crippen LogP contribution is 2.26. The summed E-state index contributed by atoms with van der Waals surface area (Å²) in [7, 11) is 0. The second-order valence-corrected chi connectivity index (χ2v) is 4.01. The van der Waals surface area contributed by atoms with Gasteiger partial charge < -0.3 is 5.11 Å². The van der Waals surface area contributed by atoms with Gasteiger partial charge in [-0.05, 0) is 24.0 Å². The second-order valence-electron chi connectivity index (χ2n) is 3.56. The minimum atomic E-state index is -0.714. The molecule has 0 aromatic carbocycles. The molecule has 66 valence electrons. The number of hydrogen-bond acceptors (Lipinski definition) is 2. The molecule has 0 radical (unpaired) electrons. The molecule has 0 bridgehead atoms. The molecule has 0 saturated heterocycles. The monoisotopic (exact) mass is 176 g/mol. The third-order valence-corrected chi connectivity index (χ3v) is 1.96. The minimum Gasteiger partial charge on any atom is -0.481 e. The van der Waals surface area contributed by atoms with E-state index in [1.54, 1.807) is 0 Å². The van der Waals surface area contributed by atoms with Crippen LogP contribution in [0.4, 0.5) is 0 Å². The Kier molecular flexibility index (Phi) is 4.57. The van der Waals surface area contributed by atoms with Crippen molar-refractivity contribution in [2.45, 2.75) is 33.1 Å². The van der Waals surface area contributed by atoms with Crippen LogP contribution in [-0.4, -0.2) is 16.8 Å². The molecule has 0 atom stereocenters. The van der Waals surface area contributed by atoms with Gasteiger partial charge >= 0.3 is 5.97 Å². The lowest BCUT2D eigenvalue weighted by Crippen LogP contribution is -2.16. The Balaban J connectivity index is 3.70. The summed E-state index contributed by atoms with van der Waals surface area (Å²) in [5, 5.41) is 8.53. The normalized spacial score (nSPS) is 11.5. The smallest absolute Gasteiger partial charge is 0.303 e. The van der Waals surface area contributed by atoms with Gasteiger partial charge in [0.15, 0.2) is 0 Å². The summed E-state index contributed by atoms with van der Waals surface area (Å²) in [5.74, 6) is 0.123. The highest BCUT2D eigenvalue weighted by atomic mass is 32.1. The average molecular weight is 176 g/mol. The molecule has 0 aliphatic rings. The standard InChI is InChI=1S/C8H16O2S/c1-8(2,4-3-5-11)6-7(9)10/h11H,3-6H2,1-2H3,(H,9,10). The number of carboxylic acids is 1. The Morgan fingerprint density at radius 1 is 1.55 bits per heavy atom. The van der Waals surface area contributed by atoms with Gasteiger partial charge in [0.05, 0.1) is 6.42 Å². The topological polar surface area (TPSA) is 37.3 Å². The van der Waals surface area contributed by atoms with Gasteiger partial charge in [0.1, 0.15) is 0 Å². The minimum absolute atomic E-state index is 0.0748. The third kappa shape index (κ3) is 6.23. The van der Waals surface area contributed by atoms with E-state index in [9.17, 15) is 4.79 Å². The Hall–Kier alpha value is -0.180. The van der Waals surface area contributed by atoms with Crippen molar-refractivity contribution >= 4 is 18.6 Å². The van der Waals surface area contributed by atoms with Crippen LogP contribution in [0.5, 0.6) is 0 Å². The molecule has 0 unspecified atom stereocenters. The van der Waals surface area contributed by atoms with Crippen molar-refractivity contribution in [3.8, 4) is 0 Å². The van der Waals surface area contributed by atoms with E-state index in [4.69, 9.17) is 5.11 Å². The van der Waals surface area contributed by atoms with Crippen LogP contribution in [0.3, 0.4) is 0 Å². The van der Waals surface area contributed by atoms with Crippen molar-refractivity contribution in [3.05, 3.63) is 0 Å². The first-order chi connectivity index (χ1) is 4.98. The van der Waals surface area contributed by atoms with Crippen LogP contribution in [0.15, 0.2) is 0 Å². The SMILES string of the molecule is CC(C)(CCCS)CC(=O)O. The summed E-state index contributed by atoms with van der Waals surface area (Å²) in [6.45, 7) is 3.95. The molecule has 2 nitrogen and oxygen atoms in total. The number of carboxylic acid groups (broad SMARTS) is 1. The van der Waals surface area contributed by atoms with E-state index in [1.165, 1.54) is 0 Å². The Morgan fingerprint density at radius 2 is 2.09 bits per heavy atom. The molecular formula is C8H16O2S. The molecule has 0 rings (SSSR count). The summed E-state index contributed by atoms with van der Waals surface area (Å²) < 4.78 is 0. The van der Waals surface area contributed by atoms with E-state index in [2.05, 4.69) is 12.6 Å². The summed E-state index contributed by atoms with van der Waals surface area (Å²) in [5.41, 5.74) is -0.0748. The first kappa shape index (κ1) is 10.8. The maximum absolute atomic E-state index is 10.4. The molecule has 0 aliphatic carbocycles. The molecule has 0 amide bonds. The van der Waals surface area contributed by atoms with Crippen LogP contribution in [-0.2, 0) is 4.79 Å². The van der Waals surface area contributed by atoms with Gasteiger partial charge in [-0.2, -0.15) is 12.6 Å². The van der Waals surface area contributed by atoms with Crippen LogP contribution >= 0.6 is 12.6 Å². The molecule has 3 heteroatoms. The van der Waals surface area contributed by atoms with Gasteiger partial charge in [-0.15, -0.1) is 0 Å². The lowest BCUT2D eigenvalue weighted by molar-refractivity contribution is -0.139. The van der Waals surface area contributed by atoms with Gasteiger partial charge in [-0.25, -0.2) is 0 Å². The quantitative estimate of drug-likeness (QED) is 0.630. The fourth-order valence-corrected chi connectivity index (χ4v) is 1.21. The fourth-order valence-electron chi connectivity index (χ4n) is 1.06. The summed E-state index contributed by atoms with van der Waals surface area (Å²) in [4.78, 5) is 10.4. The Morgan fingerprint density at radius 3 is 2.45 bits per heavy atom. The Labute approximate surface area is 73.4 Å². The maximum Gasteiger partial charge on any atom is 0.303 e. The molecule has 0 heterocycles. The highest BCUT2D eigenvalue weighted by molar-refractivity contribution is 7.80. The zero-order valence-electron chi connectivity index (χ0n) is 7.13. The Bertz CT molecular complexity index is 132. The van der Waals surface area contributed by atoms with Gasteiger partial charge in [0, 0.05) is 0 Å². The maximum atomic E-state index is 10.4. The molecular weight excluding hydrogens is 160 g/mol. The number of hydrogen-bond donors (Lipinski definition) is 2. The van der Waals surface area contributed by atoms with Crippen molar-refractivity contribution in [1.82, 2.24) is 0 Å². The number of aliphatic carboxylic acids is 1. The van der Waals surface area contributed by atoms with Crippen molar-refractivity contribution in [2.75, 3.05) is 5.75 Å². The van der Waals surface area contributed by atoms with Crippen molar-refractivity contribution in [1.29, 1.82) is 0 Å². The zero-order valence-corrected chi connectivity index (χ0v) is 8.03. The van der Waals surface area contributed by atoms with E-state index in [1.807, 2.05) is 13.8 Å². The molecule has 0 fully saturated rings. The molecule has 0 aromatic rings. The van der Waals surface area contributed by atoms with E-state index >= 15 is 0 Å². The molecule has 0 saturated carbocycles. The van der Waals surface area contributed by atoms with E-state index < -0.39 is 5.97 Å². The van der Waals surface area contributed by atoms with Crippen LogP contribution in [0.25, 0.3) is 0 Å². The largest absolute Gasteiger partial charge is 0.481 e. The number of rotatable bonds is 5. The average Bonchev–Trinajstić information content (AvgIpc) is 1.81. The predicted molar refractivity (Wildman–Crippen MR) is 49.1 cm³/mol.